The van der Waals surface area contributed by atoms with Crippen LogP contribution < -0.4 is 4.74 Å². The number of hydrogen-bond donors (Lipinski definition) is 0. The van der Waals surface area contributed by atoms with Gasteiger partial charge in [0.1, 0.15) is 5.75 Å². The van der Waals surface area contributed by atoms with Gasteiger partial charge in [-0.1, -0.05) is 11.6 Å². The molecule has 0 N–H and O–H groups in total. The van der Waals surface area contributed by atoms with E-state index in [2.05, 4.69) is 10.2 Å². The van der Waals surface area contributed by atoms with Crippen LogP contribution in [0.2, 0.25) is 0 Å². The first-order valence-electron chi connectivity index (χ1n) is 5.61. The summed E-state index contributed by atoms with van der Waals surface area (Å²) >= 11 is 5.68. The van der Waals surface area contributed by atoms with E-state index in [0.717, 1.165) is 5.75 Å². The lowest BCUT2D eigenvalue weighted by atomic mass is 10.3. The summed E-state index contributed by atoms with van der Waals surface area (Å²) in [5, 5.41) is 7.51. The molecule has 0 aliphatic rings. The molecule has 6 heteroatoms. The maximum atomic E-state index is 11.2. The quantitative estimate of drug-likeness (QED) is 0.345. The number of carbonyl (C=O) groups excluding carboxylic acids is 1. The van der Waals surface area contributed by atoms with E-state index < -0.39 is 11.5 Å². The Morgan fingerprint density at radius 3 is 2.50 bits per heavy atom. The summed E-state index contributed by atoms with van der Waals surface area (Å²) in [4.78, 5) is 11.2. The number of azo groups is 1. The average Bonchev–Trinajstić information content (AvgIpc) is 2.38. The van der Waals surface area contributed by atoms with Crippen LogP contribution >= 0.6 is 11.6 Å². The van der Waals surface area contributed by atoms with Gasteiger partial charge in [-0.15, -0.1) is 0 Å². The molecule has 0 spiro atoms. The number of ether oxygens (including phenoxy) is 2. The van der Waals surface area contributed by atoms with Crippen molar-refractivity contribution < 1.29 is 14.3 Å². The van der Waals surface area contributed by atoms with Gasteiger partial charge in [-0.2, -0.15) is 10.2 Å². The Balaban J connectivity index is 2.58. The summed E-state index contributed by atoms with van der Waals surface area (Å²) < 4.78 is 9.98. The number of rotatable bonds is 6. The molecule has 1 atom stereocenters. The fourth-order valence-corrected chi connectivity index (χ4v) is 1.26. The van der Waals surface area contributed by atoms with E-state index in [1.54, 1.807) is 31.2 Å². The number of carbonyl (C=O) groups is 1. The first-order chi connectivity index (χ1) is 8.67. The third-order valence-electron chi connectivity index (χ3n) is 1.90. The molecule has 0 aliphatic heterocycles. The van der Waals surface area contributed by atoms with Gasteiger partial charge in [0.05, 0.1) is 18.9 Å². The second-order valence-electron chi connectivity index (χ2n) is 3.23. The number of nitrogens with zero attached hydrogens (tertiary/aromatic N) is 2. The predicted molar refractivity (Wildman–Crippen MR) is 68.4 cm³/mol. The van der Waals surface area contributed by atoms with Crippen molar-refractivity contribution in [2.24, 2.45) is 10.2 Å². The van der Waals surface area contributed by atoms with Gasteiger partial charge in [0.25, 0.3) is 0 Å². The van der Waals surface area contributed by atoms with E-state index in [4.69, 9.17) is 21.1 Å². The Bertz CT molecular complexity index is 406. The molecule has 1 aromatic carbocycles. The molecule has 0 aromatic heterocycles. The largest absolute Gasteiger partial charge is 0.494 e. The lowest BCUT2D eigenvalue weighted by Gasteiger charge is -2.03. The Hall–Kier alpha value is -1.62. The Morgan fingerprint density at radius 1 is 1.28 bits per heavy atom. The molecule has 5 nitrogen and oxygen atoms in total. The molecule has 0 radical (unpaired) electrons. The van der Waals surface area contributed by atoms with Crippen molar-refractivity contribution in [3.05, 3.63) is 24.3 Å². The number of benzene rings is 1. The van der Waals surface area contributed by atoms with Crippen molar-refractivity contribution in [1.82, 2.24) is 0 Å². The third kappa shape index (κ3) is 4.71. The Labute approximate surface area is 111 Å². The van der Waals surface area contributed by atoms with Crippen molar-refractivity contribution in [2.75, 3.05) is 13.2 Å². The van der Waals surface area contributed by atoms with Crippen molar-refractivity contribution in [3.8, 4) is 5.75 Å². The van der Waals surface area contributed by atoms with Gasteiger partial charge in [-0.05, 0) is 38.1 Å². The minimum atomic E-state index is -1.11. The molecular weight excluding hydrogens is 256 g/mol. The van der Waals surface area contributed by atoms with Gasteiger partial charge >= 0.3 is 5.97 Å². The molecule has 1 rings (SSSR count). The van der Waals surface area contributed by atoms with Crippen LogP contribution in [-0.4, -0.2) is 24.7 Å². The van der Waals surface area contributed by atoms with E-state index in [9.17, 15) is 4.79 Å². The molecule has 1 unspecified atom stereocenters. The molecule has 0 saturated heterocycles. The van der Waals surface area contributed by atoms with E-state index >= 15 is 0 Å². The van der Waals surface area contributed by atoms with Crippen LogP contribution in [0.25, 0.3) is 0 Å². The lowest BCUT2D eigenvalue weighted by molar-refractivity contribution is -0.142. The third-order valence-corrected chi connectivity index (χ3v) is 2.17. The second kappa shape index (κ2) is 7.66. The van der Waals surface area contributed by atoms with Crippen LogP contribution in [0.4, 0.5) is 5.69 Å². The first kappa shape index (κ1) is 14.4. The highest BCUT2D eigenvalue weighted by Crippen LogP contribution is 2.19. The summed E-state index contributed by atoms with van der Waals surface area (Å²) in [6, 6.07) is 6.99. The van der Waals surface area contributed by atoms with E-state index in [1.165, 1.54) is 0 Å². The van der Waals surface area contributed by atoms with E-state index in [0.29, 0.717) is 12.3 Å². The monoisotopic (exact) mass is 270 g/mol. The highest BCUT2D eigenvalue weighted by atomic mass is 35.5. The fourth-order valence-electron chi connectivity index (χ4n) is 1.15. The molecule has 0 amide bonds. The van der Waals surface area contributed by atoms with Crippen LogP contribution in [0.1, 0.15) is 13.8 Å². The van der Waals surface area contributed by atoms with Gasteiger partial charge in [0.2, 0.25) is 5.50 Å². The summed E-state index contributed by atoms with van der Waals surface area (Å²) in [7, 11) is 0. The van der Waals surface area contributed by atoms with Crippen molar-refractivity contribution in [2.45, 2.75) is 19.3 Å². The Morgan fingerprint density at radius 2 is 1.94 bits per heavy atom. The minimum absolute atomic E-state index is 0.265. The van der Waals surface area contributed by atoms with Gasteiger partial charge < -0.3 is 9.47 Å². The van der Waals surface area contributed by atoms with Crippen LogP contribution in [0.5, 0.6) is 5.75 Å². The highest BCUT2D eigenvalue weighted by molar-refractivity contribution is 6.29. The molecule has 0 heterocycles. The summed E-state index contributed by atoms with van der Waals surface area (Å²) in [6.07, 6.45) is 0. The molecule has 1 aromatic rings. The van der Waals surface area contributed by atoms with Crippen LogP contribution in [0, 0.1) is 0 Å². The van der Waals surface area contributed by atoms with Gasteiger partial charge in [0.15, 0.2) is 0 Å². The number of halogens is 1. The van der Waals surface area contributed by atoms with E-state index in [-0.39, 0.29) is 6.61 Å². The summed E-state index contributed by atoms with van der Waals surface area (Å²) in [5.41, 5.74) is -0.523. The number of hydrogen-bond acceptors (Lipinski definition) is 5. The molecular formula is C12H15ClN2O3. The summed E-state index contributed by atoms with van der Waals surface area (Å²) in [6.45, 7) is 4.48. The predicted octanol–water partition coefficient (Wildman–Crippen LogP) is 3.30. The average molecular weight is 271 g/mol. The van der Waals surface area contributed by atoms with Crippen molar-refractivity contribution in [1.29, 1.82) is 0 Å². The maximum absolute atomic E-state index is 11.2. The van der Waals surface area contributed by atoms with Gasteiger partial charge in [-0.3, -0.25) is 0 Å². The molecule has 0 bridgehead atoms. The van der Waals surface area contributed by atoms with E-state index in [1.807, 2.05) is 6.92 Å². The van der Waals surface area contributed by atoms with Crippen molar-refractivity contribution >= 4 is 23.3 Å². The number of esters is 1. The fraction of sp³-hybridized carbons (Fsp3) is 0.417. The van der Waals surface area contributed by atoms with Gasteiger partial charge in [-0.25, -0.2) is 4.79 Å². The SMILES string of the molecule is CCOC(=O)C(Cl)N=Nc1ccc(OCC)cc1. The van der Waals surface area contributed by atoms with Crippen LogP contribution in [0.15, 0.2) is 34.5 Å². The molecule has 0 aliphatic carbocycles. The smallest absolute Gasteiger partial charge is 0.348 e. The number of alkyl halides is 1. The summed E-state index contributed by atoms with van der Waals surface area (Å²) in [5.74, 6) is 0.151. The second-order valence-corrected chi connectivity index (χ2v) is 3.64. The first-order valence-corrected chi connectivity index (χ1v) is 6.05. The molecule has 0 fully saturated rings. The normalized spacial score (nSPS) is 12.4. The minimum Gasteiger partial charge on any atom is -0.494 e. The zero-order valence-corrected chi connectivity index (χ0v) is 11.1. The zero-order valence-electron chi connectivity index (χ0n) is 10.3. The molecule has 18 heavy (non-hydrogen) atoms. The van der Waals surface area contributed by atoms with Crippen molar-refractivity contribution in [3.63, 3.8) is 0 Å². The standard InChI is InChI=1S/C12H15ClN2O3/c1-3-17-10-7-5-9(6-8-10)14-15-11(13)12(16)18-4-2/h5-8,11H,3-4H2,1-2H3. The molecule has 0 saturated carbocycles. The van der Waals surface area contributed by atoms with Crippen LogP contribution in [-0.2, 0) is 9.53 Å². The topological polar surface area (TPSA) is 60.2 Å². The molecule has 98 valence electrons. The Kier molecular flexibility index (Phi) is 6.14. The maximum Gasteiger partial charge on any atom is 0.348 e. The van der Waals surface area contributed by atoms with Gasteiger partial charge in [0, 0.05) is 0 Å². The zero-order chi connectivity index (χ0) is 13.4. The van der Waals surface area contributed by atoms with Crippen LogP contribution in [0.3, 0.4) is 0 Å². The lowest BCUT2D eigenvalue weighted by Crippen LogP contribution is -2.14. The highest BCUT2D eigenvalue weighted by Gasteiger charge is 2.14.